The summed E-state index contributed by atoms with van der Waals surface area (Å²) < 4.78 is 18.9. The topological polar surface area (TPSA) is 106 Å². The number of carbonyl (C=O) groups excluding carboxylic acids is 2. The van der Waals surface area contributed by atoms with E-state index < -0.39 is 11.9 Å². The number of hydrogen-bond acceptors (Lipinski definition) is 5. The zero-order valence-corrected chi connectivity index (χ0v) is 15.2. The second-order valence-corrected chi connectivity index (χ2v) is 6.29. The number of nitrogens with zero attached hydrogens (tertiary/aromatic N) is 1. The Morgan fingerprint density at radius 2 is 2.00 bits per heavy atom. The van der Waals surface area contributed by atoms with Crippen LogP contribution in [0.25, 0.3) is 0 Å². The number of halogens is 1. The lowest BCUT2D eigenvalue weighted by Gasteiger charge is -2.15. The summed E-state index contributed by atoms with van der Waals surface area (Å²) in [6, 6.07) is 8.45. The van der Waals surface area contributed by atoms with Gasteiger partial charge in [-0.1, -0.05) is 26.0 Å². The molecule has 2 rings (SSSR count). The smallest absolute Gasteiger partial charge is 0.239 e. The van der Waals surface area contributed by atoms with Crippen LogP contribution in [0, 0.1) is 11.7 Å². The zero-order valence-electron chi connectivity index (χ0n) is 15.2. The first kappa shape index (κ1) is 20.3. The molecule has 0 bridgehead atoms. The third-order valence-electron chi connectivity index (χ3n) is 3.78. The van der Waals surface area contributed by atoms with Crippen molar-refractivity contribution >= 4 is 11.8 Å². The largest absolute Gasteiger partial charge is 0.439 e. The lowest BCUT2D eigenvalue weighted by molar-refractivity contribution is -0.127. The highest BCUT2D eigenvalue weighted by atomic mass is 19.1. The normalized spacial score (nSPS) is 11.7. The SMILES string of the molecule is CC(C)[C@H](N)C(=O)NCC(=O)NCc1cccnc1Oc1cccc(F)c1. The lowest BCUT2D eigenvalue weighted by Crippen LogP contribution is -2.47. The van der Waals surface area contributed by atoms with Gasteiger partial charge in [-0.25, -0.2) is 9.37 Å². The van der Waals surface area contributed by atoms with Crippen molar-refractivity contribution in [2.75, 3.05) is 6.54 Å². The molecule has 0 fully saturated rings. The third kappa shape index (κ3) is 6.34. The number of benzene rings is 1. The average molecular weight is 374 g/mol. The van der Waals surface area contributed by atoms with Crippen molar-refractivity contribution in [1.82, 2.24) is 15.6 Å². The fourth-order valence-electron chi connectivity index (χ4n) is 2.14. The number of rotatable bonds is 8. The maximum Gasteiger partial charge on any atom is 0.239 e. The molecule has 1 aromatic carbocycles. The Labute approximate surface area is 157 Å². The van der Waals surface area contributed by atoms with E-state index in [4.69, 9.17) is 10.5 Å². The van der Waals surface area contributed by atoms with E-state index in [1.807, 2.05) is 13.8 Å². The Morgan fingerprint density at radius 1 is 1.22 bits per heavy atom. The van der Waals surface area contributed by atoms with E-state index in [2.05, 4.69) is 15.6 Å². The Bertz CT molecular complexity index is 798. The molecule has 0 radical (unpaired) electrons. The Morgan fingerprint density at radius 3 is 2.70 bits per heavy atom. The van der Waals surface area contributed by atoms with E-state index in [9.17, 15) is 14.0 Å². The number of ether oxygens (including phenoxy) is 1. The number of pyridine rings is 1. The van der Waals surface area contributed by atoms with Crippen LogP contribution in [0.2, 0.25) is 0 Å². The van der Waals surface area contributed by atoms with Gasteiger partial charge in [0.05, 0.1) is 12.6 Å². The molecule has 0 spiro atoms. The van der Waals surface area contributed by atoms with E-state index in [0.717, 1.165) is 0 Å². The Kier molecular flexibility index (Phi) is 7.25. The third-order valence-corrected chi connectivity index (χ3v) is 3.78. The molecule has 0 aliphatic rings. The summed E-state index contributed by atoms with van der Waals surface area (Å²) in [7, 11) is 0. The van der Waals surface area contributed by atoms with Gasteiger partial charge in [-0.15, -0.1) is 0 Å². The molecule has 0 aliphatic heterocycles. The second-order valence-electron chi connectivity index (χ2n) is 6.29. The highest BCUT2D eigenvalue weighted by Crippen LogP contribution is 2.23. The van der Waals surface area contributed by atoms with Crippen molar-refractivity contribution in [3.05, 3.63) is 54.0 Å². The van der Waals surface area contributed by atoms with E-state index in [1.54, 1.807) is 18.2 Å². The van der Waals surface area contributed by atoms with Gasteiger partial charge in [0.1, 0.15) is 11.6 Å². The summed E-state index contributed by atoms with van der Waals surface area (Å²) in [6.07, 6.45) is 1.54. The molecule has 0 saturated carbocycles. The number of nitrogens with one attached hydrogen (secondary N) is 2. The van der Waals surface area contributed by atoms with Gasteiger partial charge in [0.25, 0.3) is 0 Å². The summed E-state index contributed by atoms with van der Waals surface area (Å²) in [6.45, 7) is 3.61. The fraction of sp³-hybridized carbons (Fsp3) is 0.316. The molecule has 1 aromatic heterocycles. The summed E-state index contributed by atoms with van der Waals surface area (Å²) >= 11 is 0. The molecule has 4 N–H and O–H groups in total. The van der Waals surface area contributed by atoms with Crippen LogP contribution in [-0.4, -0.2) is 29.4 Å². The van der Waals surface area contributed by atoms with E-state index in [0.29, 0.717) is 11.3 Å². The van der Waals surface area contributed by atoms with Crippen LogP contribution in [0.4, 0.5) is 4.39 Å². The summed E-state index contributed by atoms with van der Waals surface area (Å²) in [4.78, 5) is 27.8. The Hall–Kier alpha value is -3.00. The molecular formula is C19H23FN4O3. The van der Waals surface area contributed by atoms with Crippen molar-refractivity contribution in [2.45, 2.75) is 26.4 Å². The van der Waals surface area contributed by atoms with Crippen LogP contribution < -0.4 is 21.1 Å². The fourth-order valence-corrected chi connectivity index (χ4v) is 2.14. The van der Waals surface area contributed by atoms with Gasteiger partial charge < -0.3 is 21.1 Å². The van der Waals surface area contributed by atoms with Gasteiger partial charge in [0, 0.05) is 24.4 Å². The summed E-state index contributed by atoms with van der Waals surface area (Å²) in [5.41, 5.74) is 6.33. The van der Waals surface area contributed by atoms with Crippen LogP contribution in [0.1, 0.15) is 19.4 Å². The van der Waals surface area contributed by atoms with E-state index in [1.165, 1.54) is 24.4 Å². The molecule has 8 heteroatoms. The summed E-state index contributed by atoms with van der Waals surface area (Å²) in [5, 5.41) is 5.17. The number of amides is 2. The van der Waals surface area contributed by atoms with Crippen molar-refractivity contribution in [3.63, 3.8) is 0 Å². The van der Waals surface area contributed by atoms with Crippen LogP contribution in [0.3, 0.4) is 0 Å². The summed E-state index contributed by atoms with van der Waals surface area (Å²) in [5.74, 6) is -0.637. The van der Waals surface area contributed by atoms with Gasteiger partial charge in [0.15, 0.2) is 0 Å². The van der Waals surface area contributed by atoms with Crippen LogP contribution in [0.15, 0.2) is 42.6 Å². The first-order chi connectivity index (χ1) is 12.9. The average Bonchev–Trinajstić information content (AvgIpc) is 2.64. The minimum absolute atomic E-state index is 0.0222. The predicted molar refractivity (Wildman–Crippen MR) is 98.4 cm³/mol. The molecule has 0 saturated heterocycles. The number of hydrogen-bond donors (Lipinski definition) is 3. The van der Waals surface area contributed by atoms with Crippen molar-refractivity contribution in [2.24, 2.45) is 11.7 Å². The Balaban J connectivity index is 1.90. The minimum Gasteiger partial charge on any atom is -0.439 e. The standard InChI is InChI=1S/C19H23FN4O3/c1-12(2)17(21)18(26)24-11-16(25)23-10-13-5-4-8-22-19(13)27-15-7-3-6-14(20)9-15/h3-9,12,17H,10-11,21H2,1-2H3,(H,23,25)(H,24,26)/t17-/m0/s1. The number of aromatic nitrogens is 1. The molecule has 0 aliphatic carbocycles. The molecule has 144 valence electrons. The van der Waals surface area contributed by atoms with Crippen molar-refractivity contribution < 1.29 is 18.7 Å². The van der Waals surface area contributed by atoms with Crippen LogP contribution >= 0.6 is 0 Å². The lowest BCUT2D eigenvalue weighted by atomic mass is 10.1. The molecule has 7 nitrogen and oxygen atoms in total. The number of carbonyl (C=O) groups is 2. The zero-order chi connectivity index (χ0) is 19.8. The van der Waals surface area contributed by atoms with Crippen molar-refractivity contribution in [3.8, 4) is 11.6 Å². The maximum absolute atomic E-state index is 13.3. The van der Waals surface area contributed by atoms with E-state index >= 15 is 0 Å². The highest BCUT2D eigenvalue weighted by molar-refractivity contribution is 5.87. The first-order valence-corrected chi connectivity index (χ1v) is 8.54. The molecule has 27 heavy (non-hydrogen) atoms. The minimum atomic E-state index is -0.664. The quantitative estimate of drug-likeness (QED) is 0.652. The second kappa shape index (κ2) is 9.63. The molecule has 0 unspecified atom stereocenters. The monoisotopic (exact) mass is 374 g/mol. The number of nitrogens with two attached hydrogens (primary N) is 1. The van der Waals surface area contributed by atoms with Crippen LogP contribution in [-0.2, 0) is 16.1 Å². The van der Waals surface area contributed by atoms with Gasteiger partial charge in [-0.3, -0.25) is 9.59 Å². The van der Waals surface area contributed by atoms with Crippen molar-refractivity contribution in [1.29, 1.82) is 0 Å². The van der Waals surface area contributed by atoms with Gasteiger partial charge in [-0.05, 0) is 24.1 Å². The highest BCUT2D eigenvalue weighted by Gasteiger charge is 2.17. The van der Waals surface area contributed by atoms with Gasteiger partial charge >= 0.3 is 0 Å². The molecule has 1 atom stereocenters. The first-order valence-electron chi connectivity index (χ1n) is 8.54. The van der Waals surface area contributed by atoms with E-state index in [-0.39, 0.29) is 36.7 Å². The predicted octanol–water partition coefficient (Wildman–Crippen LogP) is 1.73. The molecule has 2 aromatic rings. The van der Waals surface area contributed by atoms with Gasteiger partial charge in [0.2, 0.25) is 17.7 Å². The van der Waals surface area contributed by atoms with Crippen LogP contribution in [0.5, 0.6) is 11.6 Å². The maximum atomic E-state index is 13.3. The molecule has 1 heterocycles. The van der Waals surface area contributed by atoms with Gasteiger partial charge in [-0.2, -0.15) is 0 Å². The molecule has 2 amide bonds. The molecular weight excluding hydrogens is 351 g/mol.